The van der Waals surface area contributed by atoms with Crippen LogP contribution >= 0.6 is 0 Å². The molecule has 666 valence electrons. The number of carbonyl (C=O) groups excluding carboxylic acids is 16. The van der Waals surface area contributed by atoms with Gasteiger partial charge in [0.1, 0.15) is 76.7 Å². The summed E-state index contributed by atoms with van der Waals surface area (Å²) in [7, 11) is 0. The number of hydrogen-bond donors (Lipinski definition) is 9. The lowest BCUT2D eigenvalue weighted by Gasteiger charge is -2.25. The van der Waals surface area contributed by atoms with Crippen molar-refractivity contribution >= 4 is 95.5 Å². The van der Waals surface area contributed by atoms with Crippen LogP contribution in [-0.4, -0.2) is 192 Å². The number of hydrogen-bond acceptors (Lipinski definition) is 23. The highest BCUT2D eigenvalue weighted by Crippen LogP contribution is 2.44. The molecule has 0 spiro atoms. The smallest absolute Gasteiger partial charge is 0.407 e. The molecule has 6 unspecified atom stereocenters. The molecular weight excluding hydrogens is 1540 g/mol. The van der Waals surface area contributed by atoms with E-state index in [1.807, 2.05) is 48.5 Å². The second kappa shape index (κ2) is 50.1. The van der Waals surface area contributed by atoms with E-state index in [1.54, 1.807) is 125 Å². The standard InChI is InChI=1S/C87H135N9O23/c1-82(2,3)114-73(104)48-42-64(78(109)117-85(10,11)12)92-69(100)36-22-19-29-51-88-67(98)45-39-56(54-97)91-72(103)47-41-63(96-81(112)113-55-61-59-34-27-25-32-57(59)58-33-26-28-35-60(58)61)77(108)95-62(76(107)90-53-31-21-24-38-71(102)94-66(80(111)119-87(16,17)18)44-50-75(106)116-84(7,8)9)40-46-68(99)89-52-30-20-23-37-70(101)93-65(79(110)118-86(13,14)15)43-49-74(105)115-83(4,5)6/h25-28,32-35,54,56,61-66H,19-24,29-31,36-53,55H2,1-18H3,(H,88,98)(H,89,99)(H,90,107)(H,91,103)(H,92,100)(H,93,101)(H,94,102)(H,95,108)(H,96,112). The van der Waals surface area contributed by atoms with Crippen molar-refractivity contribution in [3.63, 3.8) is 0 Å². The van der Waals surface area contributed by atoms with Gasteiger partial charge < -0.3 is 85.8 Å². The first-order valence-electron chi connectivity index (χ1n) is 41.6. The summed E-state index contributed by atoms with van der Waals surface area (Å²) in [4.78, 5) is 212. The van der Waals surface area contributed by atoms with Crippen molar-refractivity contribution in [1.29, 1.82) is 0 Å². The zero-order chi connectivity index (χ0) is 89.5. The number of aldehydes is 1. The lowest BCUT2D eigenvalue weighted by molar-refractivity contribution is -0.161. The first kappa shape index (κ1) is 103. The number of fused-ring (bicyclic) bond motifs is 3. The maximum atomic E-state index is 14.7. The Morgan fingerprint density at radius 2 is 0.630 bits per heavy atom. The predicted molar refractivity (Wildman–Crippen MR) is 443 cm³/mol. The average Bonchev–Trinajstić information content (AvgIpc) is 1.61. The number of amides is 9. The van der Waals surface area contributed by atoms with Crippen molar-refractivity contribution in [1.82, 2.24) is 47.9 Å². The van der Waals surface area contributed by atoms with Crippen molar-refractivity contribution in [2.24, 2.45) is 0 Å². The summed E-state index contributed by atoms with van der Waals surface area (Å²) in [6, 6.07) is 7.70. The molecule has 3 rings (SSSR count). The van der Waals surface area contributed by atoms with E-state index in [1.165, 1.54) is 0 Å². The van der Waals surface area contributed by atoms with Crippen LogP contribution in [0.4, 0.5) is 4.79 Å². The van der Waals surface area contributed by atoms with Crippen LogP contribution in [0.15, 0.2) is 48.5 Å². The van der Waals surface area contributed by atoms with Crippen LogP contribution in [0, 0.1) is 0 Å². The quantitative estimate of drug-likeness (QED) is 0.0129. The van der Waals surface area contributed by atoms with Crippen LogP contribution in [0.5, 0.6) is 0 Å². The molecule has 0 aromatic heterocycles. The summed E-state index contributed by atoms with van der Waals surface area (Å²) < 4.78 is 38.5. The van der Waals surface area contributed by atoms with Gasteiger partial charge in [-0.25, -0.2) is 19.2 Å². The van der Waals surface area contributed by atoms with Crippen molar-refractivity contribution in [3.8, 4) is 11.1 Å². The summed E-state index contributed by atoms with van der Waals surface area (Å²) in [6.45, 7) is 30.7. The van der Waals surface area contributed by atoms with Crippen LogP contribution in [0.1, 0.15) is 296 Å². The van der Waals surface area contributed by atoms with Gasteiger partial charge >= 0.3 is 41.9 Å². The summed E-state index contributed by atoms with van der Waals surface area (Å²) in [6.07, 6.45) is 0.561. The fraction of sp³-hybridized carbons (Fsp3) is 0.678. The van der Waals surface area contributed by atoms with E-state index in [-0.39, 0.29) is 110 Å². The van der Waals surface area contributed by atoms with Crippen molar-refractivity contribution in [3.05, 3.63) is 59.7 Å². The molecule has 0 saturated heterocycles. The van der Waals surface area contributed by atoms with Gasteiger partial charge in [-0.2, -0.15) is 0 Å². The highest BCUT2D eigenvalue weighted by molar-refractivity contribution is 5.93. The number of rotatable bonds is 50. The van der Waals surface area contributed by atoms with Gasteiger partial charge in [-0.05, 0) is 224 Å². The topological polar surface area (TPSA) is 446 Å². The Bertz CT molecular complexity index is 3680. The number of esters is 6. The fourth-order valence-electron chi connectivity index (χ4n) is 12.2. The number of carbonyl (C=O) groups is 16. The fourth-order valence-corrected chi connectivity index (χ4v) is 12.2. The van der Waals surface area contributed by atoms with Crippen LogP contribution in [0.2, 0.25) is 0 Å². The Morgan fingerprint density at radius 3 is 0.983 bits per heavy atom. The van der Waals surface area contributed by atoms with Gasteiger partial charge in [0, 0.05) is 83.3 Å². The minimum Gasteiger partial charge on any atom is -0.460 e. The molecular formula is C87H135N9O23. The average molecular weight is 1680 g/mol. The largest absolute Gasteiger partial charge is 0.460 e. The maximum absolute atomic E-state index is 14.7. The zero-order valence-electron chi connectivity index (χ0n) is 73.4. The molecule has 119 heavy (non-hydrogen) atoms. The monoisotopic (exact) mass is 1670 g/mol. The number of nitrogens with one attached hydrogen (secondary N) is 9. The highest BCUT2D eigenvalue weighted by Gasteiger charge is 2.36. The van der Waals surface area contributed by atoms with Crippen LogP contribution < -0.4 is 47.9 Å². The second-order valence-corrected chi connectivity index (χ2v) is 35.8. The predicted octanol–water partition coefficient (Wildman–Crippen LogP) is 9.28. The number of ether oxygens (including phenoxy) is 7. The van der Waals surface area contributed by atoms with E-state index in [2.05, 4.69) is 47.9 Å². The van der Waals surface area contributed by atoms with Crippen LogP contribution in [-0.2, 0) is 105 Å². The Kier molecular flexibility index (Phi) is 43.5. The summed E-state index contributed by atoms with van der Waals surface area (Å²) in [5, 5.41) is 24.2. The van der Waals surface area contributed by atoms with Crippen molar-refractivity contribution in [2.45, 2.75) is 355 Å². The maximum Gasteiger partial charge on any atom is 0.407 e. The van der Waals surface area contributed by atoms with Crippen molar-refractivity contribution in [2.75, 3.05) is 26.2 Å². The van der Waals surface area contributed by atoms with Gasteiger partial charge in [-0.3, -0.25) is 52.7 Å². The molecule has 2 aromatic carbocycles. The SMILES string of the molecule is CC(C)(C)OC(=O)CCC(NC(=O)CCCCCNC(=O)CCC(C=O)NC(=O)CCC(NC(=O)OCC1c2ccccc2-c2ccccc21)C(=O)NC(CCC(=O)NCCCCCC(=O)NC(CCC(=O)OC(C)(C)C)C(=O)OC(C)(C)C)C(=O)NCCCCCC(=O)NC(CCC(=O)OC(C)(C)C)C(=O)OC(C)(C)C)C(=O)OC(C)(C)C. The Hall–Kier alpha value is -10.0. The lowest BCUT2D eigenvalue weighted by Crippen LogP contribution is -2.54. The normalized spacial score (nSPS) is 13.7. The lowest BCUT2D eigenvalue weighted by atomic mass is 9.98. The molecule has 0 heterocycles. The van der Waals surface area contributed by atoms with Gasteiger partial charge in [0.2, 0.25) is 47.3 Å². The molecule has 1 aliphatic carbocycles. The van der Waals surface area contributed by atoms with E-state index < -0.39 is 178 Å². The van der Waals surface area contributed by atoms with Crippen LogP contribution in [0.25, 0.3) is 11.1 Å². The first-order chi connectivity index (χ1) is 55.4. The van der Waals surface area contributed by atoms with E-state index in [4.69, 9.17) is 33.2 Å². The minimum absolute atomic E-state index is 0.00551. The van der Waals surface area contributed by atoms with E-state index in [0.29, 0.717) is 64.1 Å². The molecule has 0 fully saturated rings. The van der Waals surface area contributed by atoms with Crippen LogP contribution in [0.3, 0.4) is 0 Å². The van der Waals surface area contributed by atoms with Gasteiger partial charge in [-0.15, -0.1) is 0 Å². The number of benzene rings is 2. The van der Waals surface area contributed by atoms with Gasteiger partial charge in [0.05, 0.1) is 6.04 Å². The Balaban J connectivity index is 1.77. The van der Waals surface area contributed by atoms with E-state index in [9.17, 15) is 76.7 Å². The number of unbranched alkanes of at least 4 members (excludes halogenated alkanes) is 6. The highest BCUT2D eigenvalue weighted by atomic mass is 16.6. The summed E-state index contributed by atoms with van der Waals surface area (Å²) in [5.74, 6) is -8.93. The molecule has 2 aromatic rings. The van der Waals surface area contributed by atoms with Gasteiger partial charge in [0.25, 0.3) is 0 Å². The van der Waals surface area contributed by atoms with Gasteiger partial charge in [-0.1, -0.05) is 67.8 Å². The number of alkyl carbamates (subject to hydrolysis) is 1. The molecule has 9 N–H and O–H groups in total. The van der Waals surface area contributed by atoms with Crippen molar-refractivity contribution < 1.29 is 110 Å². The summed E-state index contributed by atoms with van der Waals surface area (Å²) in [5.41, 5.74) is -1.19. The zero-order valence-corrected chi connectivity index (χ0v) is 73.4. The van der Waals surface area contributed by atoms with Gasteiger partial charge in [0.15, 0.2) is 0 Å². The second-order valence-electron chi connectivity index (χ2n) is 35.8. The molecule has 9 amide bonds. The third-order valence-corrected chi connectivity index (χ3v) is 17.5. The molecule has 0 aliphatic heterocycles. The summed E-state index contributed by atoms with van der Waals surface area (Å²) >= 11 is 0. The molecule has 32 heteroatoms. The molecule has 32 nitrogen and oxygen atoms in total. The van der Waals surface area contributed by atoms with E-state index in [0.717, 1.165) is 22.3 Å². The van der Waals surface area contributed by atoms with E-state index >= 15 is 0 Å². The molecule has 0 bridgehead atoms. The molecule has 6 atom stereocenters. The minimum atomic E-state index is -1.58. The molecule has 1 aliphatic rings. The Morgan fingerprint density at radius 1 is 0.319 bits per heavy atom. The third-order valence-electron chi connectivity index (χ3n) is 17.5. The third kappa shape index (κ3) is 46.2. The first-order valence-corrected chi connectivity index (χ1v) is 41.6. The molecule has 0 radical (unpaired) electrons. The Labute approximate surface area is 701 Å². The molecule has 0 saturated carbocycles.